The van der Waals surface area contributed by atoms with Gasteiger partial charge in [-0.15, -0.1) is 0 Å². The number of aliphatic hydroxyl groups is 1. The van der Waals surface area contributed by atoms with Crippen molar-refractivity contribution < 1.29 is 29.3 Å². The summed E-state index contributed by atoms with van der Waals surface area (Å²) in [6, 6.07) is 4.39. The third-order valence-electron chi connectivity index (χ3n) is 2.65. The Hall–Kier alpha value is -2.21. The zero-order valence-electron chi connectivity index (χ0n) is 10.3. The smallest absolute Gasteiger partial charge is 0.337 e. The molecule has 1 aromatic carbocycles. The van der Waals surface area contributed by atoms with Crippen molar-refractivity contribution in [1.29, 1.82) is 0 Å². The molecule has 0 aliphatic rings. The molecule has 1 aromatic rings. The van der Waals surface area contributed by atoms with Crippen molar-refractivity contribution in [2.45, 2.75) is 18.9 Å². The second-order valence-corrected chi connectivity index (χ2v) is 3.90. The Balaban J connectivity index is 2.93. The number of aliphatic carboxylic acids is 1. The predicted octanol–water partition coefficient (Wildman–Crippen LogP) is 0.723. The van der Waals surface area contributed by atoms with Crippen molar-refractivity contribution in [3.05, 3.63) is 34.9 Å². The molecule has 6 heteroatoms. The Morgan fingerprint density at radius 2 is 2.11 bits per heavy atom. The minimum absolute atomic E-state index is 0.0318. The lowest BCUT2D eigenvalue weighted by atomic mass is 9.98. The molecular weight excluding hydrogens is 252 g/mol. The molecule has 0 bridgehead atoms. The summed E-state index contributed by atoms with van der Waals surface area (Å²) in [6.45, 7) is 0. The first-order valence-electron chi connectivity index (χ1n) is 5.55. The average Bonchev–Trinajstić information content (AvgIpc) is 2.43. The molecule has 0 fully saturated rings. The van der Waals surface area contributed by atoms with E-state index in [0.29, 0.717) is 18.3 Å². The Labute approximate surface area is 109 Å². The van der Waals surface area contributed by atoms with Crippen molar-refractivity contribution in [3.63, 3.8) is 0 Å². The van der Waals surface area contributed by atoms with E-state index in [2.05, 4.69) is 4.74 Å². The molecule has 19 heavy (non-hydrogen) atoms. The van der Waals surface area contributed by atoms with Crippen LogP contribution in [0.4, 0.5) is 0 Å². The van der Waals surface area contributed by atoms with Crippen molar-refractivity contribution in [3.8, 4) is 0 Å². The summed E-state index contributed by atoms with van der Waals surface area (Å²) >= 11 is 0. The molecule has 0 spiro atoms. The summed E-state index contributed by atoms with van der Waals surface area (Å²) in [7, 11) is 1.28. The quantitative estimate of drug-likeness (QED) is 0.581. The van der Waals surface area contributed by atoms with Gasteiger partial charge in [-0.3, -0.25) is 9.59 Å². The monoisotopic (exact) mass is 266 g/mol. The fourth-order valence-electron chi connectivity index (χ4n) is 1.61. The van der Waals surface area contributed by atoms with E-state index in [4.69, 9.17) is 5.11 Å². The second-order valence-electron chi connectivity index (χ2n) is 3.90. The lowest BCUT2D eigenvalue weighted by molar-refractivity contribution is -0.147. The molecule has 1 unspecified atom stereocenters. The first-order chi connectivity index (χ1) is 8.99. The third kappa shape index (κ3) is 3.89. The molecule has 0 aliphatic carbocycles. The Kier molecular flexibility index (Phi) is 5.20. The van der Waals surface area contributed by atoms with Gasteiger partial charge in [0.1, 0.15) is 6.29 Å². The first kappa shape index (κ1) is 14.8. The molecule has 0 amide bonds. The fourth-order valence-corrected chi connectivity index (χ4v) is 1.61. The molecule has 0 aromatic heterocycles. The zero-order chi connectivity index (χ0) is 14.4. The number of aldehydes is 1. The van der Waals surface area contributed by atoms with Crippen LogP contribution in [0.1, 0.15) is 34.0 Å². The molecule has 6 nitrogen and oxygen atoms in total. The van der Waals surface area contributed by atoms with Crippen LogP contribution in [0.25, 0.3) is 0 Å². The maximum absolute atomic E-state index is 11.0. The number of ether oxygens (including phenoxy) is 1. The fraction of sp³-hybridized carbons (Fsp3) is 0.308. The molecule has 0 radical (unpaired) electrons. The standard InChI is InChI=1S/C13H14O6/c1-19-11(15)5-3-8-2-4-10(9(6-8)7-14)12(16)13(17)18/h2,4,6-7,12,16H,3,5H2,1H3,(H,17,18). The van der Waals surface area contributed by atoms with Crippen LogP contribution in [0.3, 0.4) is 0 Å². The number of aryl methyl sites for hydroxylation is 1. The summed E-state index contributed by atoms with van der Waals surface area (Å²) in [5, 5.41) is 18.1. The van der Waals surface area contributed by atoms with E-state index in [9.17, 15) is 19.5 Å². The first-order valence-corrected chi connectivity index (χ1v) is 5.55. The number of benzene rings is 1. The van der Waals surface area contributed by atoms with E-state index in [1.807, 2.05) is 0 Å². The minimum Gasteiger partial charge on any atom is -0.479 e. The SMILES string of the molecule is COC(=O)CCc1ccc(C(O)C(=O)O)c(C=O)c1. The molecular formula is C13H14O6. The van der Waals surface area contributed by atoms with Gasteiger partial charge in [-0.2, -0.15) is 0 Å². The molecule has 2 N–H and O–H groups in total. The van der Waals surface area contributed by atoms with Crippen molar-refractivity contribution in [2.75, 3.05) is 7.11 Å². The van der Waals surface area contributed by atoms with Crippen molar-refractivity contribution >= 4 is 18.2 Å². The van der Waals surface area contributed by atoms with Crippen LogP contribution in [0.2, 0.25) is 0 Å². The van der Waals surface area contributed by atoms with Crippen molar-refractivity contribution in [1.82, 2.24) is 0 Å². The lowest BCUT2D eigenvalue weighted by Gasteiger charge is -2.10. The topological polar surface area (TPSA) is 101 Å². The summed E-state index contributed by atoms with van der Waals surface area (Å²) in [6.07, 6.45) is -0.731. The maximum Gasteiger partial charge on any atom is 0.337 e. The van der Waals surface area contributed by atoms with E-state index in [0.717, 1.165) is 0 Å². The van der Waals surface area contributed by atoms with Crippen LogP contribution in [-0.2, 0) is 20.7 Å². The van der Waals surface area contributed by atoms with E-state index in [-0.39, 0.29) is 23.5 Å². The van der Waals surface area contributed by atoms with Crippen molar-refractivity contribution in [2.24, 2.45) is 0 Å². The number of carboxylic acids is 1. The highest BCUT2D eigenvalue weighted by Crippen LogP contribution is 2.19. The minimum atomic E-state index is -1.74. The number of rotatable bonds is 6. The van der Waals surface area contributed by atoms with E-state index < -0.39 is 12.1 Å². The highest BCUT2D eigenvalue weighted by atomic mass is 16.5. The van der Waals surface area contributed by atoms with Crippen LogP contribution in [0, 0.1) is 0 Å². The van der Waals surface area contributed by atoms with Gasteiger partial charge in [0.05, 0.1) is 7.11 Å². The molecule has 0 heterocycles. The molecule has 0 saturated heterocycles. The van der Waals surface area contributed by atoms with E-state index in [1.165, 1.54) is 19.2 Å². The number of methoxy groups -OCH3 is 1. The summed E-state index contributed by atoms with van der Waals surface area (Å²) < 4.78 is 4.50. The Bertz CT molecular complexity index is 494. The van der Waals surface area contributed by atoms with Gasteiger partial charge in [-0.25, -0.2) is 4.79 Å². The summed E-state index contributed by atoms with van der Waals surface area (Å²) in [5.41, 5.74) is 0.815. The molecule has 0 saturated carbocycles. The number of hydrogen-bond donors (Lipinski definition) is 2. The van der Waals surface area contributed by atoms with E-state index >= 15 is 0 Å². The van der Waals surface area contributed by atoms with Crippen LogP contribution < -0.4 is 0 Å². The Morgan fingerprint density at radius 1 is 1.42 bits per heavy atom. The summed E-state index contributed by atoms with van der Waals surface area (Å²) in [4.78, 5) is 32.6. The average molecular weight is 266 g/mol. The molecule has 102 valence electrons. The zero-order valence-corrected chi connectivity index (χ0v) is 10.3. The van der Waals surface area contributed by atoms with E-state index in [1.54, 1.807) is 6.07 Å². The third-order valence-corrected chi connectivity index (χ3v) is 2.65. The van der Waals surface area contributed by atoms with Crippen LogP contribution >= 0.6 is 0 Å². The number of hydrogen-bond acceptors (Lipinski definition) is 5. The van der Waals surface area contributed by atoms with Gasteiger partial charge >= 0.3 is 11.9 Å². The van der Waals surface area contributed by atoms with Crippen LogP contribution in [0.5, 0.6) is 0 Å². The van der Waals surface area contributed by atoms with Crippen LogP contribution in [-0.4, -0.2) is 35.5 Å². The largest absolute Gasteiger partial charge is 0.479 e. The molecule has 0 aliphatic heterocycles. The second kappa shape index (κ2) is 6.65. The Morgan fingerprint density at radius 3 is 2.63 bits per heavy atom. The molecule has 1 atom stereocenters. The van der Waals surface area contributed by atoms with Crippen LogP contribution in [0.15, 0.2) is 18.2 Å². The van der Waals surface area contributed by atoms with Gasteiger partial charge in [0.2, 0.25) is 0 Å². The highest BCUT2D eigenvalue weighted by Gasteiger charge is 2.19. The van der Waals surface area contributed by atoms with Gasteiger partial charge in [0.25, 0.3) is 0 Å². The normalized spacial score (nSPS) is 11.7. The summed E-state index contributed by atoms with van der Waals surface area (Å²) in [5.74, 6) is -1.80. The van der Waals surface area contributed by atoms with Gasteiger partial charge in [-0.1, -0.05) is 12.1 Å². The number of carbonyl (C=O) groups excluding carboxylic acids is 2. The maximum atomic E-state index is 11.0. The predicted molar refractivity (Wildman–Crippen MR) is 64.8 cm³/mol. The highest BCUT2D eigenvalue weighted by molar-refractivity contribution is 5.83. The number of carbonyl (C=O) groups is 3. The number of esters is 1. The van der Waals surface area contributed by atoms with Gasteiger partial charge in [0, 0.05) is 17.5 Å². The number of aliphatic hydroxyl groups excluding tert-OH is 1. The van der Waals surface area contributed by atoms with Gasteiger partial charge < -0.3 is 14.9 Å². The molecule has 1 rings (SSSR count). The van der Waals surface area contributed by atoms with Gasteiger partial charge in [-0.05, 0) is 18.1 Å². The lowest BCUT2D eigenvalue weighted by Crippen LogP contribution is -2.13. The number of carboxylic acid groups (broad SMARTS) is 1. The van der Waals surface area contributed by atoms with Gasteiger partial charge in [0.15, 0.2) is 6.10 Å².